The summed E-state index contributed by atoms with van der Waals surface area (Å²) in [5.74, 6) is -0.715. The molecule has 0 radical (unpaired) electrons. The summed E-state index contributed by atoms with van der Waals surface area (Å²) in [5, 5.41) is 0. The van der Waals surface area contributed by atoms with Crippen LogP contribution in [0.2, 0.25) is 0 Å². The van der Waals surface area contributed by atoms with E-state index in [2.05, 4.69) is 15.9 Å². The van der Waals surface area contributed by atoms with Crippen LogP contribution in [0.15, 0.2) is 46.9 Å². The molecule has 5 heteroatoms. The number of nitrogens with two attached hydrogens (primary N) is 1. The number of benzene rings is 2. The van der Waals surface area contributed by atoms with Crippen molar-refractivity contribution in [2.24, 2.45) is 0 Å². The molecule has 2 aromatic rings. The van der Waals surface area contributed by atoms with Crippen LogP contribution < -0.4 is 5.73 Å². The van der Waals surface area contributed by atoms with Crippen LogP contribution in [0, 0.1) is 5.82 Å². The molecule has 3 nitrogen and oxygen atoms in total. The van der Waals surface area contributed by atoms with Gasteiger partial charge in [0.25, 0.3) is 5.91 Å². The molecule has 0 aliphatic rings. The van der Waals surface area contributed by atoms with Gasteiger partial charge < -0.3 is 10.6 Å². The molecule has 2 rings (SSSR count). The van der Waals surface area contributed by atoms with Gasteiger partial charge in [-0.1, -0.05) is 28.1 Å². The van der Waals surface area contributed by atoms with Crippen molar-refractivity contribution in [2.45, 2.75) is 6.54 Å². The molecular weight excluding hydrogens is 323 g/mol. The molecule has 0 unspecified atom stereocenters. The summed E-state index contributed by atoms with van der Waals surface area (Å²) in [6, 6.07) is 11.7. The monoisotopic (exact) mass is 336 g/mol. The number of anilines is 1. The van der Waals surface area contributed by atoms with E-state index in [1.54, 1.807) is 11.9 Å². The van der Waals surface area contributed by atoms with Crippen molar-refractivity contribution in [1.29, 1.82) is 0 Å². The van der Waals surface area contributed by atoms with Gasteiger partial charge in [0.2, 0.25) is 0 Å². The highest BCUT2D eigenvalue weighted by molar-refractivity contribution is 9.10. The highest BCUT2D eigenvalue weighted by atomic mass is 79.9. The van der Waals surface area contributed by atoms with E-state index < -0.39 is 5.82 Å². The summed E-state index contributed by atoms with van der Waals surface area (Å²) < 4.78 is 14.1. The summed E-state index contributed by atoms with van der Waals surface area (Å²) in [6.07, 6.45) is 0. The fourth-order valence-corrected chi connectivity index (χ4v) is 2.32. The predicted octanol–water partition coefficient (Wildman–Crippen LogP) is 3.44. The molecule has 0 atom stereocenters. The lowest BCUT2D eigenvalue weighted by Gasteiger charge is -2.17. The van der Waals surface area contributed by atoms with E-state index in [4.69, 9.17) is 5.73 Å². The quantitative estimate of drug-likeness (QED) is 0.872. The normalized spacial score (nSPS) is 10.3. The van der Waals surface area contributed by atoms with Crippen molar-refractivity contribution in [1.82, 2.24) is 4.90 Å². The lowest BCUT2D eigenvalue weighted by molar-refractivity contribution is 0.0785. The van der Waals surface area contributed by atoms with Crippen molar-refractivity contribution in [2.75, 3.05) is 12.8 Å². The maximum Gasteiger partial charge on any atom is 0.253 e. The number of amides is 1. The number of nitrogen functional groups attached to an aromatic ring is 1. The first-order chi connectivity index (χ1) is 9.47. The third-order valence-corrected chi connectivity index (χ3v) is 3.39. The first-order valence-electron chi connectivity index (χ1n) is 6.02. The zero-order valence-electron chi connectivity index (χ0n) is 10.9. The summed E-state index contributed by atoms with van der Waals surface area (Å²) in [5.41, 5.74) is 6.84. The number of halogens is 2. The van der Waals surface area contributed by atoms with Crippen molar-refractivity contribution >= 4 is 27.5 Å². The molecule has 104 valence electrons. The maximum atomic E-state index is 13.1. The Morgan fingerprint density at radius 3 is 2.70 bits per heavy atom. The lowest BCUT2D eigenvalue weighted by Crippen LogP contribution is -2.26. The van der Waals surface area contributed by atoms with Crippen molar-refractivity contribution in [3.8, 4) is 0 Å². The zero-order chi connectivity index (χ0) is 14.7. The molecule has 20 heavy (non-hydrogen) atoms. The fourth-order valence-electron chi connectivity index (χ4n) is 1.88. The van der Waals surface area contributed by atoms with Gasteiger partial charge in [-0.3, -0.25) is 4.79 Å². The molecule has 2 N–H and O–H groups in total. The van der Waals surface area contributed by atoms with E-state index in [0.717, 1.165) is 10.0 Å². The maximum absolute atomic E-state index is 13.1. The number of hydrogen-bond donors (Lipinski definition) is 1. The number of hydrogen-bond acceptors (Lipinski definition) is 2. The minimum absolute atomic E-state index is 0.0216. The average molecular weight is 337 g/mol. The lowest BCUT2D eigenvalue weighted by atomic mass is 10.1. The van der Waals surface area contributed by atoms with Crippen molar-refractivity contribution < 1.29 is 9.18 Å². The summed E-state index contributed by atoms with van der Waals surface area (Å²) in [4.78, 5) is 13.8. The van der Waals surface area contributed by atoms with E-state index in [-0.39, 0.29) is 11.6 Å². The Balaban J connectivity index is 2.14. The Bertz CT molecular complexity index is 646. The van der Waals surface area contributed by atoms with Crippen LogP contribution in [-0.4, -0.2) is 17.9 Å². The van der Waals surface area contributed by atoms with Crippen LogP contribution in [0.3, 0.4) is 0 Å². The standard InChI is InChI=1S/C15H14BrFN2O/c1-19(9-10-3-2-4-12(16)7-10)15(20)11-5-6-13(17)14(18)8-11/h2-8H,9,18H2,1H3. The van der Waals surface area contributed by atoms with Gasteiger partial charge in [0.05, 0.1) is 5.69 Å². The average Bonchev–Trinajstić information content (AvgIpc) is 2.41. The minimum Gasteiger partial charge on any atom is -0.396 e. The Labute approximate surface area is 125 Å². The highest BCUT2D eigenvalue weighted by Gasteiger charge is 2.13. The van der Waals surface area contributed by atoms with Gasteiger partial charge in [-0.15, -0.1) is 0 Å². The predicted molar refractivity (Wildman–Crippen MR) is 80.8 cm³/mol. The minimum atomic E-state index is -0.517. The molecule has 0 aliphatic carbocycles. The van der Waals surface area contributed by atoms with Gasteiger partial charge in [0.15, 0.2) is 0 Å². The van der Waals surface area contributed by atoms with E-state index in [1.807, 2.05) is 24.3 Å². The molecule has 0 bridgehead atoms. The largest absolute Gasteiger partial charge is 0.396 e. The van der Waals surface area contributed by atoms with Gasteiger partial charge >= 0.3 is 0 Å². The number of carbonyl (C=O) groups is 1. The molecule has 0 aromatic heterocycles. The molecule has 0 aliphatic heterocycles. The van der Waals surface area contributed by atoms with Crippen LogP contribution in [0.25, 0.3) is 0 Å². The molecule has 1 amide bonds. The second-order valence-electron chi connectivity index (χ2n) is 4.53. The van der Waals surface area contributed by atoms with E-state index >= 15 is 0 Å². The van der Waals surface area contributed by atoms with Crippen LogP contribution >= 0.6 is 15.9 Å². The third kappa shape index (κ3) is 3.36. The number of rotatable bonds is 3. The summed E-state index contributed by atoms with van der Waals surface area (Å²) in [7, 11) is 1.70. The highest BCUT2D eigenvalue weighted by Crippen LogP contribution is 2.16. The fraction of sp³-hybridized carbons (Fsp3) is 0.133. The second kappa shape index (κ2) is 6.05. The van der Waals surface area contributed by atoms with Gasteiger partial charge in [0.1, 0.15) is 5.82 Å². The Hall–Kier alpha value is -1.88. The van der Waals surface area contributed by atoms with Crippen LogP contribution in [0.4, 0.5) is 10.1 Å². The van der Waals surface area contributed by atoms with E-state index in [0.29, 0.717) is 12.1 Å². The van der Waals surface area contributed by atoms with Gasteiger partial charge in [-0.05, 0) is 35.9 Å². The van der Waals surface area contributed by atoms with Gasteiger partial charge in [-0.2, -0.15) is 0 Å². The SMILES string of the molecule is CN(Cc1cccc(Br)c1)C(=O)c1ccc(F)c(N)c1. The first kappa shape index (κ1) is 14.5. The molecule has 0 fully saturated rings. The van der Waals surface area contributed by atoms with Gasteiger partial charge in [0, 0.05) is 23.6 Å². The topological polar surface area (TPSA) is 46.3 Å². The summed E-state index contributed by atoms with van der Waals surface area (Å²) in [6.45, 7) is 0.468. The van der Waals surface area contributed by atoms with Crippen molar-refractivity contribution in [3.05, 3.63) is 63.9 Å². The zero-order valence-corrected chi connectivity index (χ0v) is 12.5. The molecule has 0 heterocycles. The van der Waals surface area contributed by atoms with E-state index in [1.165, 1.54) is 18.2 Å². The molecule has 0 saturated carbocycles. The smallest absolute Gasteiger partial charge is 0.253 e. The molecule has 0 saturated heterocycles. The molecule has 2 aromatic carbocycles. The number of nitrogens with zero attached hydrogens (tertiary/aromatic N) is 1. The Morgan fingerprint density at radius 1 is 1.30 bits per heavy atom. The van der Waals surface area contributed by atoms with Gasteiger partial charge in [-0.25, -0.2) is 4.39 Å². The number of carbonyl (C=O) groups excluding carboxylic acids is 1. The van der Waals surface area contributed by atoms with Crippen LogP contribution in [0.1, 0.15) is 15.9 Å². The second-order valence-corrected chi connectivity index (χ2v) is 5.44. The third-order valence-electron chi connectivity index (χ3n) is 2.90. The Morgan fingerprint density at radius 2 is 2.05 bits per heavy atom. The first-order valence-corrected chi connectivity index (χ1v) is 6.81. The Kier molecular flexibility index (Phi) is 4.39. The van der Waals surface area contributed by atoms with Crippen molar-refractivity contribution in [3.63, 3.8) is 0 Å². The van der Waals surface area contributed by atoms with E-state index in [9.17, 15) is 9.18 Å². The molecule has 0 spiro atoms. The molecular formula is C15H14BrFN2O. The van der Waals surface area contributed by atoms with Crippen LogP contribution in [0.5, 0.6) is 0 Å². The van der Waals surface area contributed by atoms with Crippen LogP contribution in [-0.2, 0) is 6.54 Å². The summed E-state index contributed by atoms with van der Waals surface area (Å²) >= 11 is 3.39.